The molecule has 0 fully saturated rings. The van der Waals surface area contributed by atoms with Crippen LogP contribution >= 0.6 is 0 Å². The maximum atomic E-state index is 8.04. The van der Waals surface area contributed by atoms with E-state index in [1.807, 2.05) is 44.4 Å². The van der Waals surface area contributed by atoms with Crippen molar-refractivity contribution in [2.24, 2.45) is 22.7 Å². The van der Waals surface area contributed by atoms with Gasteiger partial charge in [-0.2, -0.15) is 0 Å². The molecule has 3 unspecified atom stereocenters. The number of ether oxygens (including phenoxy) is 1. The van der Waals surface area contributed by atoms with Crippen LogP contribution in [0.4, 0.5) is 0 Å². The van der Waals surface area contributed by atoms with Gasteiger partial charge in [-0.05, 0) is 13.0 Å². The zero-order valence-corrected chi connectivity index (χ0v) is 12.5. The van der Waals surface area contributed by atoms with Gasteiger partial charge in [0.05, 0.1) is 0 Å². The van der Waals surface area contributed by atoms with E-state index in [9.17, 15) is 0 Å². The molecule has 0 aliphatic carbocycles. The molecule has 0 aromatic carbocycles. The Bertz CT molecular complexity index is 458. The van der Waals surface area contributed by atoms with Crippen LogP contribution in [-0.2, 0) is 4.74 Å². The van der Waals surface area contributed by atoms with Gasteiger partial charge in [-0.3, -0.25) is 10.4 Å². The van der Waals surface area contributed by atoms with Gasteiger partial charge in [0.25, 0.3) is 0 Å². The van der Waals surface area contributed by atoms with Crippen molar-refractivity contribution in [2.45, 2.75) is 20.8 Å². The Hall–Kier alpha value is -1.90. The normalized spacial score (nSPS) is 28.9. The molecule has 3 atom stereocenters. The summed E-state index contributed by atoms with van der Waals surface area (Å²) in [6.45, 7) is 10.5. The molecule has 0 aromatic rings. The third-order valence-electron chi connectivity index (χ3n) is 3.20. The lowest BCUT2D eigenvalue weighted by Crippen LogP contribution is -2.23. The number of nitrogens with zero attached hydrogens (tertiary/aromatic N) is 1. The van der Waals surface area contributed by atoms with Crippen molar-refractivity contribution in [3.8, 4) is 0 Å². The summed E-state index contributed by atoms with van der Waals surface area (Å²) in [6.07, 6.45) is 13.7. The third kappa shape index (κ3) is 5.39. The minimum atomic E-state index is -0.0350. The summed E-state index contributed by atoms with van der Waals surface area (Å²) in [5, 5.41) is 8.04. The van der Waals surface area contributed by atoms with E-state index in [1.54, 1.807) is 6.08 Å². The molecule has 3 nitrogen and oxygen atoms in total. The Kier molecular flexibility index (Phi) is 6.71. The summed E-state index contributed by atoms with van der Waals surface area (Å²) in [5.41, 5.74) is 0. The van der Waals surface area contributed by atoms with Gasteiger partial charge in [-0.15, -0.1) is 0 Å². The first kappa shape index (κ1) is 16.2. The lowest BCUT2D eigenvalue weighted by Gasteiger charge is -2.20. The lowest BCUT2D eigenvalue weighted by atomic mass is 9.93. The number of nitrogens with one attached hydrogen (secondary N) is 1. The molecule has 108 valence electrons. The average Bonchev–Trinajstić information content (AvgIpc) is 2.43. The van der Waals surface area contributed by atoms with E-state index in [-0.39, 0.29) is 23.7 Å². The van der Waals surface area contributed by atoms with Gasteiger partial charge in [0.1, 0.15) is 5.76 Å². The number of aliphatic imine (C=N–C) groups is 1. The fourth-order valence-electron chi connectivity index (χ4n) is 1.82. The lowest BCUT2D eigenvalue weighted by molar-refractivity contribution is 0.370. The Balaban J connectivity index is 2.93. The predicted octanol–water partition coefficient (Wildman–Crippen LogP) is 4.16. The van der Waals surface area contributed by atoms with Crippen LogP contribution in [-0.4, -0.2) is 18.7 Å². The molecule has 0 aromatic heterocycles. The zero-order chi connectivity index (χ0) is 15.0. The topological polar surface area (TPSA) is 45.4 Å². The number of allylic oxidation sites excluding steroid dienone is 5. The highest BCUT2D eigenvalue weighted by molar-refractivity contribution is 5.77. The standard InChI is InChI=1S/C17H24N2O/c1-5-6-7-8-16-12-19-11-13(2)9-10-14(3)20-17(18)15(16)4/h5-11,13,15-16,18H,3,12H2,1-2,4H3. The zero-order valence-electron chi connectivity index (χ0n) is 12.5. The summed E-state index contributed by atoms with van der Waals surface area (Å²) in [4.78, 5) is 4.49. The molecule has 1 aliphatic rings. The molecule has 1 aliphatic heterocycles. The minimum Gasteiger partial charge on any atom is -0.444 e. The Morgan fingerprint density at radius 3 is 2.85 bits per heavy atom. The van der Waals surface area contributed by atoms with E-state index in [2.05, 4.69) is 24.6 Å². The fourth-order valence-corrected chi connectivity index (χ4v) is 1.82. The maximum Gasteiger partial charge on any atom is 0.190 e. The quantitative estimate of drug-likeness (QED) is 0.754. The molecular formula is C17H24N2O. The number of hydrogen-bond acceptors (Lipinski definition) is 3. The Morgan fingerprint density at radius 1 is 1.40 bits per heavy atom. The van der Waals surface area contributed by atoms with Crippen LogP contribution in [0.2, 0.25) is 0 Å². The van der Waals surface area contributed by atoms with Gasteiger partial charge in [0.2, 0.25) is 0 Å². The molecule has 1 heterocycles. The van der Waals surface area contributed by atoms with Gasteiger partial charge < -0.3 is 4.74 Å². The summed E-state index contributed by atoms with van der Waals surface area (Å²) in [5.74, 6) is 1.08. The second-order valence-corrected chi connectivity index (χ2v) is 5.03. The van der Waals surface area contributed by atoms with Crippen molar-refractivity contribution < 1.29 is 4.74 Å². The van der Waals surface area contributed by atoms with Gasteiger partial charge in [0.15, 0.2) is 5.90 Å². The van der Waals surface area contributed by atoms with Crippen molar-refractivity contribution in [1.29, 1.82) is 5.41 Å². The third-order valence-corrected chi connectivity index (χ3v) is 3.20. The van der Waals surface area contributed by atoms with E-state index in [1.165, 1.54) is 0 Å². The average molecular weight is 272 g/mol. The summed E-state index contributed by atoms with van der Waals surface area (Å²) < 4.78 is 5.47. The first-order chi connectivity index (χ1) is 9.54. The van der Waals surface area contributed by atoms with Gasteiger partial charge in [0, 0.05) is 30.5 Å². The second-order valence-electron chi connectivity index (χ2n) is 5.03. The Morgan fingerprint density at radius 2 is 2.15 bits per heavy atom. The van der Waals surface area contributed by atoms with E-state index in [0.717, 1.165) is 0 Å². The predicted molar refractivity (Wildman–Crippen MR) is 86.2 cm³/mol. The summed E-state index contributed by atoms with van der Waals surface area (Å²) in [6, 6.07) is 0. The van der Waals surface area contributed by atoms with Gasteiger partial charge >= 0.3 is 0 Å². The van der Waals surface area contributed by atoms with Crippen molar-refractivity contribution >= 4 is 12.1 Å². The highest BCUT2D eigenvalue weighted by Gasteiger charge is 2.21. The molecule has 0 spiro atoms. The molecule has 0 saturated heterocycles. The molecule has 20 heavy (non-hydrogen) atoms. The van der Waals surface area contributed by atoms with E-state index >= 15 is 0 Å². The number of hydrogen-bond donors (Lipinski definition) is 1. The molecule has 1 N–H and O–H groups in total. The highest BCUT2D eigenvalue weighted by Crippen LogP contribution is 2.19. The second kappa shape index (κ2) is 8.31. The fraction of sp³-hybridized carbons (Fsp3) is 0.412. The number of rotatable bonds is 2. The van der Waals surface area contributed by atoms with Crippen molar-refractivity contribution in [3.05, 3.63) is 48.8 Å². The van der Waals surface area contributed by atoms with Gasteiger partial charge in [-0.25, -0.2) is 0 Å². The van der Waals surface area contributed by atoms with E-state index in [0.29, 0.717) is 12.3 Å². The van der Waals surface area contributed by atoms with Crippen molar-refractivity contribution in [3.63, 3.8) is 0 Å². The molecule has 1 rings (SSSR count). The SMILES string of the molecule is C=C1C=CC(C)C=NCC(C=CC=CC)C(C)C(=N)O1. The van der Waals surface area contributed by atoms with Crippen LogP contribution in [0.1, 0.15) is 20.8 Å². The molecule has 3 heteroatoms. The van der Waals surface area contributed by atoms with Crippen LogP contribution in [0.5, 0.6) is 0 Å². The van der Waals surface area contributed by atoms with Crippen molar-refractivity contribution in [2.75, 3.05) is 6.54 Å². The van der Waals surface area contributed by atoms with E-state index < -0.39 is 0 Å². The summed E-state index contributed by atoms with van der Waals surface area (Å²) >= 11 is 0. The molecule has 0 bridgehead atoms. The minimum absolute atomic E-state index is 0.0350. The van der Waals surface area contributed by atoms with Crippen molar-refractivity contribution in [1.82, 2.24) is 0 Å². The molecule has 0 amide bonds. The summed E-state index contributed by atoms with van der Waals surface area (Å²) in [7, 11) is 0. The van der Waals surface area contributed by atoms with Gasteiger partial charge in [-0.1, -0.05) is 50.8 Å². The monoisotopic (exact) mass is 272 g/mol. The highest BCUT2D eigenvalue weighted by atomic mass is 16.5. The van der Waals surface area contributed by atoms with Crippen LogP contribution in [0.25, 0.3) is 0 Å². The largest absolute Gasteiger partial charge is 0.444 e. The van der Waals surface area contributed by atoms with Crippen LogP contribution in [0.15, 0.2) is 53.8 Å². The Labute approximate surface area is 122 Å². The van der Waals surface area contributed by atoms with E-state index in [4.69, 9.17) is 10.1 Å². The maximum absolute atomic E-state index is 8.04. The first-order valence-electron chi connectivity index (χ1n) is 6.97. The van der Waals surface area contributed by atoms with Crippen LogP contribution in [0.3, 0.4) is 0 Å². The van der Waals surface area contributed by atoms with Crippen LogP contribution < -0.4 is 0 Å². The molecule has 0 radical (unpaired) electrons. The first-order valence-corrected chi connectivity index (χ1v) is 6.97. The molecular weight excluding hydrogens is 248 g/mol. The molecule has 0 saturated carbocycles. The van der Waals surface area contributed by atoms with Crippen LogP contribution in [0, 0.1) is 23.2 Å². The smallest absolute Gasteiger partial charge is 0.190 e.